The van der Waals surface area contributed by atoms with Crippen molar-refractivity contribution in [2.75, 3.05) is 33.7 Å². The number of carbonyl (C=O) groups is 2. The lowest BCUT2D eigenvalue weighted by atomic mass is 9.87. The van der Waals surface area contributed by atoms with E-state index in [-0.39, 0.29) is 45.4 Å². The van der Waals surface area contributed by atoms with Crippen LogP contribution in [0.25, 0.3) is 0 Å². The third-order valence-electron chi connectivity index (χ3n) is 6.09. The maximum absolute atomic E-state index is 13.2. The van der Waals surface area contributed by atoms with Crippen LogP contribution in [-0.4, -0.2) is 78.8 Å². The first kappa shape index (κ1) is 27.2. The third-order valence-corrected chi connectivity index (χ3v) is 6.98. The number of hydrogen-bond donors (Lipinski definition) is 3. The number of rotatable bonds is 10. The molecule has 3 atom stereocenters. The number of fused-ring (bicyclic) bond motifs is 1. The number of aliphatic hydroxyl groups excluding tert-OH is 2. The molecule has 0 radical (unpaired) electrons. The number of nitrogens with zero attached hydrogens (tertiary/aromatic N) is 1. The van der Waals surface area contributed by atoms with Gasteiger partial charge in [0.1, 0.15) is 24.6 Å². The van der Waals surface area contributed by atoms with E-state index in [4.69, 9.17) is 24.1 Å². The van der Waals surface area contributed by atoms with E-state index in [0.717, 1.165) is 9.13 Å². The largest absolute Gasteiger partial charge is 0.482 e. The average Bonchev–Trinajstić information content (AvgIpc) is 3.36. The highest BCUT2D eigenvalue weighted by Crippen LogP contribution is 2.34. The Morgan fingerprint density at radius 1 is 1.19 bits per heavy atom. The molecule has 37 heavy (non-hydrogen) atoms. The second kappa shape index (κ2) is 12.6. The number of para-hydroxylation sites is 1. The fourth-order valence-corrected chi connectivity index (χ4v) is 4.81. The minimum atomic E-state index is -1.14. The Labute approximate surface area is 228 Å². The van der Waals surface area contributed by atoms with Crippen molar-refractivity contribution in [3.8, 4) is 17.2 Å². The number of methoxy groups -OCH3 is 1. The summed E-state index contributed by atoms with van der Waals surface area (Å²) in [7, 11) is 1.42. The molecule has 0 fully saturated rings. The summed E-state index contributed by atoms with van der Waals surface area (Å²) in [5.74, 6) is 0.987. The van der Waals surface area contributed by atoms with E-state index in [1.165, 1.54) is 12.0 Å². The molecule has 2 aromatic carbocycles. The van der Waals surface area contributed by atoms with Crippen molar-refractivity contribution in [1.82, 2.24) is 10.2 Å². The van der Waals surface area contributed by atoms with Crippen molar-refractivity contribution in [3.05, 3.63) is 63.2 Å². The third kappa shape index (κ3) is 6.53. The summed E-state index contributed by atoms with van der Waals surface area (Å²) < 4.78 is 23.0. The van der Waals surface area contributed by atoms with Crippen LogP contribution in [-0.2, 0) is 20.9 Å². The standard InChI is InChI=1S/C26H29IN2O8/c1-34-14-24(31)29(13-16-6-7-21-22(10-16)36-15-35-21)19-11-17(26(33)28-8-9-30)12-23(25(19)32)37-20-5-3-2-4-18(20)27/h2-7,10,12,19,23,25,30,32H,8-9,11,13-15H2,1H3,(H,28,33)/t19-,23+,25+/m1/s1. The first-order chi connectivity index (χ1) is 17.9. The van der Waals surface area contributed by atoms with E-state index in [1.54, 1.807) is 24.3 Å². The van der Waals surface area contributed by atoms with E-state index >= 15 is 0 Å². The van der Waals surface area contributed by atoms with Gasteiger partial charge >= 0.3 is 0 Å². The molecule has 1 aliphatic heterocycles. The predicted molar refractivity (Wildman–Crippen MR) is 141 cm³/mol. The van der Waals surface area contributed by atoms with Crippen molar-refractivity contribution >= 4 is 34.4 Å². The molecule has 2 aliphatic rings. The van der Waals surface area contributed by atoms with Gasteiger partial charge < -0.3 is 39.4 Å². The van der Waals surface area contributed by atoms with Crippen LogP contribution < -0.4 is 19.5 Å². The van der Waals surface area contributed by atoms with Crippen molar-refractivity contribution in [3.63, 3.8) is 0 Å². The summed E-state index contributed by atoms with van der Waals surface area (Å²) >= 11 is 2.13. The maximum atomic E-state index is 13.2. The van der Waals surface area contributed by atoms with Crippen molar-refractivity contribution in [1.29, 1.82) is 0 Å². The van der Waals surface area contributed by atoms with Gasteiger partial charge in [-0.15, -0.1) is 0 Å². The number of benzene rings is 2. The van der Waals surface area contributed by atoms with E-state index < -0.39 is 24.2 Å². The smallest absolute Gasteiger partial charge is 0.249 e. The van der Waals surface area contributed by atoms with E-state index in [9.17, 15) is 14.7 Å². The monoisotopic (exact) mass is 624 g/mol. The second-order valence-corrected chi connectivity index (χ2v) is 9.75. The molecule has 198 valence electrons. The molecule has 0 bridgehead atoms. The lowest BCUT2D eigenvalue weighted by molar-refractivity contribution is -0.143. The highest BCUT2D eigenvalue weighted by Gasteiger charge is 2.40. The van der Waals surface area contributed by atoms with Crippen molar-refractivity contribution in [2.45, 2.75) is 31.2 Å². The number of halogens is 1. The Hall–Kier alpha value is -2.87. The summed E-state index contributed by atoms with van der Waals surface area (Å²) in [5, 5.41) is 23.3. The van der Waals surface area contributed by atoms with Crippen LogP contribution in [0.15, 0.2) is 54.1 Å². The second-order valence-electron chi connectivity index (χ2n) is 8.59. The minimum absolute atomic E-state index is 0.0784. The molecule has 0 saturated heterocycles. The quantitative estimate of drug-likeness (QED) is 0.341. The highest BCUT2D eigenvalue weighted by atomic mass is 127. The molecule has 0 unspecified atom stereocenters. The number of ether oxygens (including phenoxy) is 4. The first-order valence-corrected chi connectivity index (χ1v) is 12.8. The molecule has 1 aliphatic carbocycles. The van der Waals surface area contributed by atoms with Gasteiger partial charge in [-0.1, -0.05) is 18.2 Å². The topological polar surface area (TPSA) is 127 Å². The minimum Gasteiger partial charge on any atom is -0.482 e. The lowest BCUT2D eigenvalue weighted by Gasteiger charge is -2.40. The van der Waals surface area contributed by atoms with E-state index in [0.29, 0.717) is 22.8 Å². The summed E-state index contributed by atoms with van der Waals surface area (Å²) in [6.45, 7) is -0.0705. The zero-order valence-corrected chi connectivity index (χ0v) is 22.4. The summed E-state index contributed by atoms with van der Waals surface area (Å²) in [5.41, 5.74) is 1.11. The normalized spacial score (nSPS) is 20.2. The Morgan fingerprint density at radius 3 is 2.73 bits per heavy atom. The Morgan fingerprint density at radius 2 is 1.97 bits per heavy atom. The van der Waals surface area contributed by atoms with Crippen LogP contribution in [0, 0.1) is 3.57 Å². The SMILES string of the molecule is COCC(=O)N(Cc1ccc2c(c1)OCO2)[C@@H]1CC(C(=O)NCCO)=C[C@H](Oc2ccccc2I)[C@H]1O. The van der Waals surface area contributed by atoms with Gasteiger partial charge in [0.15, 0.2) is 11.5 Å². The van der Waals surface area contributed by atoms with Crippen LogP contribution in [0.5, 0.6) is 17.2 Å². The van der Waals surface area contributed by atoms with Crippen LogP contribution in [0.4, 0.5) is 0 Å². The molecule has 1 heterocycles. The van der Waals surface area contributed by atoms with Crippen LogP contribution >= 0.6 is 22.6 Å². The molecular weight excluding hydrogens is 595 g/mol. The number of nitrogens with one attached hydrogen (secondary N) is 1. The van der Waals surface area contributed by atoms with Crippen LogP contribution in [0.2, 0.25) is 0 Å². The van der Waals surface area contributed by atoms with E-state index in [1.807, 2.05) is 24.3 Å². The summed E-state index contributed by atoms with van der Waals surface area (Å²) in [6, 6.07) is 11.9. The molecule has 11 heteroatoms. The zero-order chi connectivity index (χ0) is 26.4. The van der Waals surface area contributed by atoms with Gasteiger partial charge in [0, 0.05) is 32.2 Å². The first-order valence-electron chi connectivity index (χ1n) is 11.8. The van der Waals surface area contributed by atoms with Crippen LogP contribution in [0.3, 0.4) is 0 Å². The molecular formula is C26H29IN2O8. The molecule has 10 nitrogen and oxygen atoms in total. The molecule has 0 aromatic heterocycles. The molecule has 0 spiro atoms. The van der Waals surface area contributed by atoms with E-state index in [2.05, 4.69) is 27.9 Å². The Bertz CT molecular complexity index is 1160. The van der Waals surface area contributed by atoms with Gasteiger partial charge in [0.05, 0.1) is 16.2 Å². The number of amides is 2. The molecule has 2 amide bonds. The predicted octanol–water partition coefficient (Wildman–Crippen LogP) is 1.61. The molecule has 2 aromatic rings. The lowest BCUT2D eigenvalue weighted by Crippen LogP contribution is -2.55. The number of hydrogen-bond acceptors (Lipinski definition) is 8. The summed E-state index contributed by atoms with van der Waals surface area (Å²) in [4.78, 5) is 27.6. The van der Waals surface area contributed by atoms with Gasteiger partial charge in [-0.2, -0.15) is 0 Å². The number of aliphatic hydroxyl groups is 2. The van der Waals surface area contributed by atoms with Gasteiger partial charge in [-0.25, -0.2) is 0 Å². The van der Waals surface area contributed by atoms with Gasteiger partial charge in [0.25, 0.3) is 0 Å². The highest BCUT2D eigenvalue weighted by molar-refractivity contribution is 14.1. The summed E-state index contributed by atoms with van der Waals surface area (Å²) in [6.07, 6.45) is -0.375. The number of carbonyl (C=O) groups excluding carboxylic acids is 2. The molecule has 0 saturated carbocycles. The van der Waals surface area contributed by atoms with Gasteiger partial charge in [-0.05, 0) is 58.5 Å². The molecule has 3 N–H and O–H groups in total. The van der Waals surface area contributed by atoms with Crippen molar-refractivity contribution in [2.24, 2.45) is 0 Å². The van der Waals surface area contributed by atoms with Gasteiger partial charge in [-0.3, -0.25) is 9.59 Å². The average molecular weight is 624 g/mol. The fraction of sp³-hybridized carbons (Fsp3) is 0.385. The Balaban J connectivity index is 1.66. The zero-order valence-electron chi connectivity index (χ0n) is 20.3. The van der Waals surface area contributed by atoms with Crippen LogP contribution in [0.1, 0.15) is 12.0 Å². The molecule has 4 rings (SSSR count). The maximum Gasteiger partial charge on any atom is 0.249 e. The Kier molecular flexibility index (Phi) is 9.24. The van der Waals surface area contributed by atoms with Gasteiger partial charge in [0.2, 0.25) is 18.6 Å². The fourth-order valence-electron chi connectivity index (χ4n) is 4.30. The van der Waals surface area contributed by atoms with Crippen molar-refractivity contribution < 1.29 is 38.7 Å².